The fourth-order valence-corrected chi connectivity index (χ4v) is 1.86. The van der Waals surface area contributed by atoms with Gasteiger partial charge in [-0.3, -0.25) is 4.79 Å². The Morgan fingerprint density at radius 2 is 2.11 bits per heavy atom. The van der Waals surface area contributed by atoms with Crippen molar-refractivity contribution in [2.45, 2.75) is 24.6 Å². The molecule has 0 heterocycles. The van der Waals surface area contributed by atoms with E-state index in [1.54, 1.807) is 32.4 Å². The lowest BCUT2D eigenvalue weighted by Gasteiger charge is -2.12. The fraction of sp³-hybridized carbons (Fsp3) is 0.500. The van der Waals surface area contributed by atoms with E-state index in [1.165, 1.54) is 0 Å². The highest BCUT2D eigenvalue weighted by Gasteiger charge is 2.13. The van der Waals surface area contributed by atoms with Crippen molar-refractivity contribution in [2.75, 3.05) is 20.8 Å². The summed E-state index contributed by atoms with van der Waals surface area (Å²) in [6.07, 6.45) is 1.94. The molecule has 1 aromatic rings. The molecule has 0 aliphatic carbocycles. The number of hydrogen-bond donors (Lipinski definition) is 1. The van der Waals surface area contributed by atoms with E-state index in [0.717, 1.165) is 12.8 Å². The van der Waals surface area contributed by atoms with E-state index in [4.69, 9.17) is 9.47 Å². The summed E-state index contributed by atoms with van der Waals surface area (Å²) in [5, 5.41) is 2.89. The van der Waals surface area contributed by atoms with Gasteiger partial charge in [-0.05, 0) is 31.0 Å². The first-order valence-electron chi connectivity index (χ1n) is 6.26. The van der Waals surface area contributed by atoms with E-state index >= 15 is 0 Å². The van der Waals surface area contributed by atoms with Crippen molar-refractivity contribution < 1.29 is 14.3 Å². The minimum atomic E-state index is -0.147. The zero-order chi connectivity index (χ0) is 14.3. The normalized spacial score (nSPS) is 11.8. The van der Waals surface area contributed by atoms with Crippen LogP contribution in [-0.4, -0.2) is 31.5 Å². The Morgan fingerprint density at radius 3 is 2.68 bits per heavy atom. The van der Waals surface area contributed by atoms with Gasteiger partial charge in [0.2, 0.25) is 0 Å². The molecule has 1 aromatic carbocycles. The molecule has 0 aliphatic rings. The van der Waals surface area contributed by atoms with Crippen LogP contribution in [0.3, 0.4) is 0 Å². The molecular weight excluding hydrogens is 310 g/mol. The van der Waals surface area contributed by atoms with Crippen LogP contribution in [0.5, 0.6) is 11.5 Å². The molecule has 0 fully saturated rings. The van der Waals surface area contributed by atoms with E-state index in [-0.39, 0.29) is 5.91 Å². The van der Waals surface area contributed by atoms with Gasteiger partial charge in [-0.2, -0.15) is 0 Å². The Labute approximate surface area is 122 Å². The summed E-state index contributed by atoms with van der Waals surface area (Å²) in [5.41, 5.74) is 0.490. The highest BCUT2D eigenvalue weighted by Crippen LogP contribution is 2.23. The summed E-state index contributed by atoms with van der Waals surface area (Å²) in [6, 6.07) is 5.17. The molecule has 0 radical (unpaired) electrons. The van der Waals surface area contributed by atoms with Crippen LogP contribution in [0.15, 0.2) is 18.2 Å². The topological polar surface area (TPSA) is 47.6 Å². The molecule has 0 spiro atoms. The molecule has 0 aliphatic heterocycles. The molecule has 1 N–H and O–H groups in total. The molecule has 5 heteroatoms. The second-order valence-corrected chi connectivity index (χ2v) is 5.41. The number of alkyl halides is 1. The predicted octanol–water partition coefficient (Wildman–Crippen LogP) is 3.00. The van der Waals surface area contributed by atoms with E-state index in [0.29, 0.717) is 28.4 Å². The molecule has 0 saturated heterocycles. The van der Waals surface area contributed by atoms with Gasteiger partial charge in [0.25, 0.3) is 5.91 Å². The molecule has 0 bridgehead atoms. The SMILES string of the molecule is CCC(Br)CCNC(=O)c1cc(OC)ccc1OC. The van der Waals surface area contributed by atoms with Gasteiger partial charge in [0.15, 0.2) is 0 Å². The van der Waals surface area contributed by atoms with E-state index in [2.05, 4.69) is 28.2 Å². The predicted molar refractivity (Wildman–Crippen MR) is 79.5 cm³/mol. The first kappa shape index (κ1) is 15.8. The summed E-state index contributed by atoms with van der Waals surface area (Å²) in [6.45, 7) is 2.73. The molecule has 4 nitrogen and oxygen atoms in total. The maximum absolute atomic E-state index is 12.1. The summed E-state index contributed by atoms with van der Waals surface area (Å²) in [5.74, 6) is 1.04. The average Bonchev–Trinajstić information content (AvgIpc) is 2.45. The number of amides is 1. The van der Waals surface area contributed by atoms with Crippen molar-refractivity contribution in [3.05, 3.63) is 23.8 Å². The number of rotatable bonds is 7. The minimum Gasteiger partial charge on any atom is -0.497 e. The van der Waals surface area contributed by atoms with Crippen molar-refractivity contribution in [3.8, 4) is 11.5 Å². The summed E-state index contributed by atoms with van der Waals surface area (Å²) in [4.78, 5) is 12.5. The third-order valence-electron chi connectivity index (χ3n) is 2.84. The van der Waals surface area contributed by atoms with Crippen LogP contribution < -0.4 is 14.8 Å². The smallest absolute Gasteiger partial charge is 0.255 e. The largest absolute Gasteiger partial charge is 0.497 e. The van der Waals surface area contributed by atoms with Gasteiger partial charge in [-0.25, -0.2) is 0 Å². The first-order chi connectivity index (χ1) is 9.12. The number of nitrogens with one attached hydrogen (secondary N) is 1. The number of hydrogen-bond acceptors (Lipinski definition) is 3. The molecule has 1 amide bonds. The molecule has 106 valence electrons. The van der Waals surface area contributed by atoms with Crippen LogP contribution in [0.4, 0.5) is 0 Å². The lowest BCUT2D eigenvalue weighted by molar-refractivity contribution is 0.0950. The van der Waals surface area contributed by atoms with Gasteiger partial charge in [-0.15, -0.1) is 0 Å². The fourth-order valence-electron chi connectivity index (χ4n) is 1.63. The van der Waals surface area contributed by atoms with E-state index < -0.39 is 0 Å². The Morgan fingerprint density at radius 1 is 1.37 bits per heavy atom. The van der Waals surface area contributed by atoms with Crippen LogP contribution in [0.2, 0.25) is 0 Å². The molecular formula is C14H20BrNO3. The molecule has 1 unspecified atom stereocenters. The molecule has 0 aromatic heterocycles. The van der Waals surface area contributed by atoms with Crippen molar-refractivity contribution >= 4 is 21.8 Å². The highest BCUT2D eigenvalue weighted by molar-refractivity contribution is 9.09. The monoisotopic (exact) mass is 329 g/mol. The number of carbonyl (C=O) groups is 1. The van der Waals surface area contributed by atoms with Gasteiger partial charge in [-0.1, -0.05) is 22.9 Å². The Kier molecular flexibility index (Phi) is 6.70. The van der Waals surface area contributed by atoms with Gasteiger partial charge in [0.05, 0.1) is 19.8 Å². The van der Waals surface area contributed by atoms with Crippen LogP contribution in [-0.2, 0) is 0 Å². The highest BCUT2D eigenvalue weighted by atomic mass is 79.9. The number of methoxy groups -OCH3 is 2. The number of ether oxygens (including phenoxy) is 2. The maximum atomic E-state index is 12.1. The second-order valence-electron chi connectivity index (χ2n) is 4.12. The van der Waals surface area contributed by atoms with Crippen molar-refractivity contribution in [3.63, 3.8) is 0 Å². The zero-order valence-corrected chi connectivity index (χ0v) is 13.1. The molecule has 1 rings (SSSR count). The lowest BCUT2D eigenvalue weighted by atomic mass is 10.1. The third-order valence-corrected chi connectivity index (χ3v) is 3.94. The van der Waals surface area contributed by atoms with Gasteiger partial charge >= 0.3 is 0 Å². The van der Waals surface area contributed by atoms with Crippen LogP contribution in [0, 0.1) is 0 Å². The second kappa shape index (κ2) is 8.04. The molecule has 0 saturated carbocycles. The van der Waals surface area contributed by atoms with Crippen LogP contribution in [0.25, 0.3) is 0 Å². The quantitative estimate of drug-likeness (QED) is 0.782. The molecule has 1 atom stereocenters. The first-order valence-corrected chi connectivity index (χ1v) is 7.18. The van der Waals surface area contributed by atoms with Gasteiger partial charge in [0.1, 0.15) is 11.5 Å². The Bertz CT molecular complexity index is 423. The number of halogens is 1. The summed E-state index contributed by atoms with van der Waals surface area (Å²) < 4.78 is 10.3. The Balaban J connectivity index is 2.69. The standard InChI is InChI=1S/C14H20BrNO3/c1-4-10(15)7-8-16-14(17)12-9-11(18-2)5-6-13(12)19-3/h5-6,9-10H,4,7-8H2,1-3H3,(H,16,17). The average molecular weight is 330 g/mol. The van der Waals surface area contributed by atoms with Crippen LogP contribution in [0.1, 0.15) is 30.1 Å². The summed E-state index contributed by atoms with van der Waals surface area (Å²) in [7, 11) is 3.12. The lowest BCUT2D eigenvalue weighted by Crippen LogP contribution is -2.26. The summed E-state index contributed by atoms with van der Waals surface area (Å²) >= 11 is 3.54. The third kappa shape index (κ3) is 4.74. The number of benzene rings is 1. The molecule has 19 heavy (non-hydrogen) atoms. The van der Waals surface area contributed by atoms with E-state index in [9.17, 15) is 4.79 Å². The van der Waals surface area contributed by atoms with Crippen molar-refractivity contribution in [2.24, 2.45) is 0 Å². The zero-order valence-electron chi connectivity index (χ0n) is 11.5. The number of carbonyl (C=O) groups excluding carboxylic acids is 1. The van der Waals surface area contributed by atoms with E-state index in [1.807, 2.05) is 0 Å². The Hall–Kier alpha value is -1.23. The van der Waals surface area contributed by atoms with Gasteiger partial charge in [0, 0.05) is 11.4 Å². The van der Waals surface area contributed by atoms with Gasteiger partial charge < -0.3 is 14.8 Å². The van der Waals surface area contributed by atoms with Crippen LogP contribution >= 0.6 is 15.9 Å². The minimum absolute atomic E-state index is 0.147. The van der Waals surface area contributed by atoms with Crippen molar-refractivity contribution in [1.82, 2.24) is 5.32 Å². The van der Waals surface area contributed by atoms with Crippen molar-refractivity contribution in [1.29, 1.82) is 0 Å². The maximum Gasteiger partial charge on any atom is 0.255 e.